The highest BCUT2D eigenvalue weighted by atomic mass is 19.4. The quantitative estimate of drug-likeness (QED) is 0.137. The topological polar surface area (TPSA) is 196 Å². The maximum Gasteiger partial charge on any atom is 0.491 e. The Morgan fingerprint density at radius 2 is 1.62 bits per heavy atom. The molecule has 2 aromatic carbocycles. The van der Waals surface area contributed by atoms with Crippen LogP contribution in [0.15, 0.2) is 67.0 Å². The summed E-state index contributed by atoms with van der Waals surface area (Å²) in [6, 6.07) is 19.1. The number of aliphatic hydroxyl groups is 5. The Morgan fingerprint density at radius 1 is 0.979 bits per heavy atom. The van der Waals surface area contributed by atoms with Crippen LogP contribution in [0.5, 0.6) is 0 Å². The third-order valence-electron chi connectivity index (χ3n) is 8.17. The molecule has 7 atom stereocenters. The van der Waals surface area contributed by atoms with Gasteiger partial charge in [0, 0.05) is 12.5 Å². The minimum absolute atomic E-state index is 0.0277. The molecule has 17 heteroatoms. The molecule has 6 N–H and O–H groups in total. The molecule has 0 saturated carbocycles. The number of benzene rings is 2. The van der Waals surface area contributed by atoms with Crippen molar-refractivity contribution in [1.29, 1.82) is 0 Å². The van der Waals surface area contributed by atoms with Gasteiger partial charge in [-0.3, -0.25) is 9.47 Å². The van der Waals surface area contributed by atoms with Gasteiger partial charge in [-0.05, 0) is 11.1 Å². The Kier molecular flexibility index (Phi) is 9.01. The van der Waals surface area contributed by atoms with Gasteiger partial charge >= 0.3 is 12.1 Å². The molecule has 47 heavy (non-hydrogen) atoms. The zero-order chi connectivity index (χ0) is 33.5. The molecule has 0 radical (unpaired) electrons. The fourth-order valence-electron chi connectivity index (χ4n) is 5.74. The van der Waals surface area contributed by atoms with Gasteiger partial charge in [0.15, 0.2) is 23.2 Å². The number of hydrogen-bond acceptors (Lipinski definition) is 13. The summed E-state index contributed by atoms with van der Waals surface area (Å²) in [5, 5.41) is 54.8. The van der Waals surface area contributed by atoms with E-state index in [1.807, 2.05) is 60.7 Å². The number of anilines is 2. The molecule has 250 valence electrons. The minimum Gasteiger partial charge on any atom is -0.432 e. The van der Waals surface area contributed by atoms with Gasteiger partial charge in [0.1, 0.15) is 30.5 Å². The highest BCUT2D eigenvalue weighted by Gasteiger charge is 2.50. The number of hydrogen-bond donors (Lipinski definition) is 6. The van der Waals surface area contributed by atoms with Gasteiger partial charge in [-0.2, -0.15) is 23.1 Å². The molecule has 2 aliphatic rings. The Balaban J connectivity index is 1.43. The summed E-state index contributed by atoms with van der Waals surface area (Å²) < 4.78 is 50.9. The Bertz CT molecular complexity index is 1660. The molecule has 2 aliphatic heterocycles. The fourth-order valence-corrected chi connectivity index (χ4v) is 5.74. The van der Waals surface area contributed by atoms with Crippen LogP contribution in [0.1, 0.15) is 23.3 Å². The van der Waals surface area contributed by atoms with E-state index in [1.54, 1.807) is 0 Å². The molecule has 2 saturated heterocycles. The average molecular weight is 661 g/mol. The van der Waals surface area contributed by atoms with E-state index >= 15 is 0 Å². The third-order valence-corrected chi connectivity index (χ3v) is 8.17. The second-order valence-electron chi connectivity index (χ2n) is 11.2. The van der Waals surface area contributed by atoms with E-state index < -0.39 is 68.3 Å². The highest BCUT2D eigenvalue weighted by molar-refractivity contribution is 5.85. The van der Waals surface area contributed by atoms with E-state index in [2.05, 4.69) is 25.0 Å². The molecule has 14 nitrogen and oxygen atoms in total. The lowest BCUT2D eigenvalue weighted by Gasteiger charge is -2.26. The number of halogens is 3. The van der Waals surface area contributed by atoms with Crippen molar-refractivity contribution in [2.75, 3.05) is 29.9 Å². The molecule has 1 unspecified atom stereocenters. The largest absolute Gasteiger partial charge is 0.491 e. The van der Waals surface area contributed by atoms with Crippen molar-refractivity contribution < 1.29 is 53.0 Å². The number of carbonyl (C=O) groups excluding carboxylic acids is 1. The lowest BCUT2D eigenvalue weighted by Crippen LogP contribution is -2.43. The molecule has 0 bridgehead atoms. The standard InChI is InChI=1S/C30H31F3N6O8/c31-30(32,33)28(45)47-26-21(42)18(41)12-38(26)29-36-24(34-11-17(15-7-3-1-4-8-15)16-9-5-2-6-10-16)20-25(37-29)39(14-35-20)27-23(44)22(43)19(13-40)46-27/h1-10,14,17-19,21-23,26-27,40-44H,11-13H2,(H,34,36,37)/t18-,19+,21-,22+,23+,26?,27+/m0/s1. The van der Waals surface area contributed by atoms with Crippen molar-refractivity contribution in [3.05, 3.63) is 78.1 Å². The highest BCUT2D eigenvalue weighted by Crippen LogP contribution is 2.35. The lowest BCUT2D eigenvalue weighted by atomic mass is 9.91. The Labute approximate surface area is 264 Å². The maximum absolute atomic E-state index is 13.1. The van der Waals surface area contributed by atoms with E-state index in [-0.39, 0.29) is 35.4 Å². The summed E-state index contributed by atoms with van der Waals surface area (Å²) in [5.41, 5.74) is 2.02. The average Bonchev–Trinajstić information content (AvgIpc) is 3.71. The van der Waals surface area contributed by atoms with Crippen LogP contribution in [0, 0.1) is 0 Å². The van der Waals surface area contributed by atoms with Crippen LogP contribution >= 0.6 is 0 Å². The van der Waals surface area contributed by atoms with Crippen LogP contribution < -0.4 is 10.2 Å². The summed E-state index contributed by atoms with van der Waals surface area (Å²) in [6.45, 7) is -0.886. The number of nitrogens with one attached hydrogen (secondary N) is 1. The SMILES string of the molecule is O=C(OC1[C@@H](O)[C@@H](O)CN1c1nc(NCC(c2ccccc2)c2ccccc2)c2ncn([C@@H]3O[C@H](CO)[C@@H](O)[C@H]3O)c2n1)C(F)(F)F. The molecule has 6 rings (SSSR count). The maximum atomic E-state index is 13.1. The molecular weight excluding hydrogens is 629 g/mol. The normalized spacial score (nSPS) is 26.3. The van der Waals surface area contributed by atoms with Crippen LogP contribution in [-0.2, 0) is 14.3 Å². The number of aromatic nitrogens is 4. The number of nitrogens with zero attached hydrogens (tertiary/aromatic N) is 5. The van der Waals surface area contributed by atoms with Crippen molar-refractivity contribution in [3.63, 3.8) is 0 Å². The Hall–Kier alpha value is -4.39. The van der Waals surface area contributed by atoms with Crippen LogP contribution in [0.3, 0.4) is 0 Å². The van der Waals surface area contributed by atoms with Crippen molar-refractivity contribution in [2.45, 2.75) is 55.1 Å². The number of ether oxygens (including phenoxy) is 2. The first-order valence-electron chi connectivity index (χ1n) is 14.6. The number of fused-ring (bicyclic) bond motifs is 1. The molecule has 2 aromatic heterocycles. The molecule has 4 heterocycles. The van der Waals surface area contributed by atoms with Gasteiger partial charge in [0.25, 0.3) is 0 Å². The lowest BCUT2D eigenvalue weighted by molar-refractivity contribution is -0.208. The fraction of sp³-hybridized carbons (Fsp3) is 0.400. The number of β-amino-alcohol motifs (C(OH)–C–C–N with tert-alkyl or cyclic N) is 1. The summed E-state index contributed by atoms with van der Waals surface area (Å²) in [4.78, 5) is 25.9. The van der Waals surface area contributed by atoms with Gasteiger partial charge < -0.3 is 40.3 Å². The molecule has 0 aliphatic carbocycles. The number of alkyl halides is 3. The van der Waals surface area contributed by atoms with Crippen molar-refractivity contribution in [3.8, 4) is 0 Å². The van der Waals surface area contributed by atoms with Crippen LogP contribution in [0.4, 0.5) is 24.9 Å². The van der Waals surface area contributed by atoms with E-state index in [9.17, 15) is 43.5 Å². The summed E-state index contributed by atoms with van der Waals surface area (Å²) >= 11 is 0. The van der Waals surface area contributed by atoms with E-state index in [4.69, 9.17) is 4.74 Å². The summed E-state index contributed by atoms with van der Waals surface area (Å²) in [6.07, 6.45) is -15.2. The Morgan fingerprint density at radius 3 is 2.19 bits per heavy atom. The summed E-state index contributed by atoms with van der Waals surface area (Å²) in [7, 11) is 0. The third kappa shape index (κ3) is 6.32. The first-order valence-corrected chi connectivity index (χ1v) is 14.6. The van der Waals surface area contributed by atoms with Gasteiger partial charge in [-0.15, -0.1) is 0 Å². The van der Waals surface area contributed by atoms with Crippen LogP contribution in [-0.4, -0.2) is 114 Å². The predicted octanol–water partition coefficient (Wildman–Crippen LogP) is 0.655. The van der Waals surface area contributed by atoms with Gasteiger partial charge in [-0.1, -0.05) is 60.7 Å². The molecule has 0 amide bonds. The van der Waals surface area contributed by atoms with E-state index in [0.29, 0.717) is 0 Å². The number of esters is 1. The smallest absolute Gasteiger partial charge is 0.432 e. The molecule has 4 aromatic rings. The predicted molar refractivity (Wildman–Crippen MR) is 157 cm³/mol. The minimum atomic E-state index is -5.39. The molecule has 2 fully saturated rings. The number of rotatable bonds is 9. The molecule has 0 spiro atoms. The second kappa shape index (κ2) is 13.0. The first-order chi connectivity index (χ1) is 22.5. The van der Waals surface area contributed by atoms with Crippen molar-refractivity contribution >= 4 is 28.9 Å². The van der Waals surface area contributed by atoms with Crippen molar-refractivity contribution in [1.82, 2.24) is 19.5 Å². The van der Waals surface area contributed by atoms with Crippen molar-refractivity contribution in [2.24, 2.45) is 0 Å². The number of carbonyl (C=O) groups is 1. The summed E-state index contributed by atoms with van der Waals surface area (Å²) in [5.74, 6) is -3.10. The van der Waals surface area contributed by atoms with Gasteiger partial charge in [0.05, 0.1) is 19.5 Å². The zero-order valence-electron chi connectivity index (χ0n) is 24.4. The van der Waals surface area contributed by atoms with Crippen LogP contribution in [0.2, 0.25) is 0 Å². The van der Waals surface area contributed by atoms with Crippen LogP contribution in [0.25, 0.3) is 11.2 Å². The number of aliphatic hydroxyl groups excluding tert-OH is 5. The van der Waals surface area contributed by atoms with E-state index in [1.165, 1.54) is 10.9 Å². The van der Waals surface area contributed by atoms with Gasteiger partial charge in [0.2, 0.25) is 12.2 Å². The van der Waals surface area contributed by atoms with E-state index in [0.717, 1.165) is 16.0 Å². The monoisotopic (exact) mass is 660 g/mol. The first kappa shape index (κ1) is 32.5. The van der Waals surface area contributed by atoms with Gasteiger partial charge in [-0.25, -0.2) is 9.78 Å². The zero-order valence-corrected chi connectivity index (χ0v) is 24.4. The number of imidazole rings is 1. The molecular formula is C30H31F3N6O8. The second-order valence-corrected chi connectivity index (χ2v) is 11.2.